The van der Waals surface area contributed by atoms with Gasteiger partial charge in [-0.05, 0) is 24.8 Å². The van der Waals surface area contributed by atoms with Crippen molar-refractivity contribution in [2.45, 2.75) is 19.3 Å². The molecule has 0 radical (unpaired) electrons. The second-order valence-corrected chi connectivity index (χ2v) is 4.07. The Morgan fingerprint density at radius 2 is 1.81 bits per heavy atom. The Morgan fingerprint density at radius 1 is 1.12 bits per heavy atom. The van der Waals surface area contributed by atoms with Crippen molar-refractivity contribution in [1.29, 1.82) is 5.26 Å². The summed E-state index contributed by atoms with van der Waals surface area (Å²) in [5.41, 5.74) is 2.22. The molecule has 1 aliphatic heterocycles. The summed E-state index contributed by atoms with van der Waals surface area (Å²) in [6.07, 6.45) is 5.44. The summed E-state index contributed by atoms with van der Waals surface area (Å²) in [4.78, 5) is 2.32. The number of nitriles is 1. The third-order valence-corrected chi connectivity index (χ3v) is 2.97. The van der Waals surface area contributed by atoms with Crippen molar-refractivity contribution in [3.8, 4) is 6.07 Å². The van der Waals surface area contributed by atoms with Crippen molar-refractivity contribution in [3.05, 3.63) is 42.0 Å². The molecule has 1 heterocycles. The van der Waals surface area contributed by atoms with Crippen molar-refractivity contribution >= 4 is 5.70 Å². The van der Waals surface area contributed by atoms with Crippen LogP contribution in [0.3, 0.4) is 0 Å². The highest BCUT2D eigenvalue weighted by Crippen LogP contribution is 2.22. The fourth-order valence-corrected chi connectivity index (χ4v) is 2.16. The molecule has 0 aliphatic carbocycles. The molecule has 1 aliphatic rings. The Kier molecular flexibility index (Phi) is 3.61. The van der Waals surface area contributed by atoms with Crippen molar-refractivity contribution in [1.82, 2.24) is 4.90 Å². The van der Waals surface area contributed by atoms with Crippen LogP contribution in [0.15, 0.2) is 36.4 Å². The molecule has 0 atom stereocenters. The Morgan fingerprint density at radius 3 is 2.44 bits per heavy atom. The van der Waals surface area contributed by atoms with E-state index >= 15 is 0 Å². The molecule has 0 N–H and O–H groups in total. The van der Waals surface area contributed by atoms with E-state index in [-0.39, 0.29) is 0 Å². The lowest BCUT2D eigenvalue weighted by Crippen LogP contribution is -2.28. The number of piperidine rings is 1. The molecule has 1 aromatic carbocycles. The van der Waals surface area contributed by atoms with Gasteiger partial charge in [0.05, 0.1) is 11.8 Å². The first-order valence-electron chi connectivity index (χ1n) is 5.82. The molecule has 0 amide bonds. The normalized spacial score (nSPS) is 16.9. The lowest BCUT2D eigenvalue weighted by Gasteiger charge is -2.30. The van der Waals surface area contributed by atoms with Crippen LogP contribution in [0.2, 0.25) is 0 Å². The maximum absolute atomic E-state index is 8.88. The minimum absolute atomic E-state index is 1.07. The number of rotatable bonds is 2. The molecule has 2 heteroatoms. The first-order valence-corrected chi connectivity index (χ1v) is 5.82. The Bertz CT molecular complexity index is 394. The summed E-state index contributed by atoms with van der Waals surface area (Å²) in [6, 6.07) is 12.3. The monoisotopic (exact) mass is 212 g/mol. The van der Waals surface area contributed by atoms with Gasteiger partial charge in [-0.3, -0.25) is 0 Å². The lowest BCUT2D eigenvalue weighted by molar-refractivity contribution is 0.326. The van der Waals surface area contributed by atoms with Crippen LogP contribution >= 0.6 is 0 Å². The first-order chi connectivity index (χ1) is 7.92. The standard InChI is InChI=1S/C14H16N2/c15-10-9-14(13-7-3-1-4-8-13)16-11-5-2-6-12-16/h1,3-4,7-9H,2,5-6,11-12H2/b14-9-. The van der Waals surface area contributed by atoms with E-state index in [0.29, 0.717) is 0 Å². The summed E-state index contributed by atoms with van der Waals surface area (Å²) >= 11 is 0. The van der Waals surface area contributed by atoms with Gasteiger partial charge in [0.1, 0.15) is 0 Å². The fourth-order valence-electron chi connectivity index (χ4n) is 2.16. The molecule has 0 aromatic heterocycles. The Labute approximate surface area is 96.8 Å². The average Bonchev–Trinajstić information content (AvgIpc) is 2.38. The number of nitrogens with zero attached hydrogens (tertiary/aromatic N) is 2. The zero-order chi connectivity index (χ0) is 11.2. The van der Waals surface area contributed by atoms with Gasteiger partial charge in [0.25, 0.3) is 0 Å². The molecule has 2 rings (SSSR count). The summed E-state index contributed by atoms with van der Waals surface area (Å²) in [5.74, 6) is 0. The highest BCUT2D eigenvalue weighted by molar-refractivity contribution is 5.66. The lowest BCUT2D eigenvalue weighted by atomic mass is 10.1. The number of hydrogen-bond acceptors (Lipinski definition) is 2. The number of hydrogen-bond donors (Lipinski definition) is 0. The van der Waals surface area contributed by atoms with Gasteiger partial charge in [-0.15, -0.1) is 0 Å². The highest BCUT2D eigenvalue weighted by Gasteiger charge is 2.14. The minimum Gasteiger partial charge on any atom is -0.370 e. The van der Waals surface area contributed by atoms with Crippen molar-refractivity contribution in [3.63, 3.8) is 0 Å². The van der Waals surface area contributed by atoms with E-state index in [1.54, 1.807) is 6.08 Å². The SMILES string of the molecule is N#C/C=C(/c1ccccc1)N1CCCCC1. The van der Waals surface area contributed by atoms with Gasteiger partial charge in [0.15, 0.2) is 0 Å². The summed E-state index contributed by atoms with van der Waals surface area (Å²) in [7, 11) is 0. The predicted molar refractivity (Wildman–Crippen MR) is 65.5 cm³/mol. The van der Waals surface area contributed by atoms with Crippen LogP contribution in [0, 0.1) is 11.3 Å². The van der Waals surface area contributed by atoms with Crippen LogP contribution in [0.4, 0.5) is 0 Å². The second-order valence-electron chi connectivity index (χ2n) is 4.07. The van der Waals surface area contributed by atoms with E-state index in [1.165, 1.54) is 19.3 Å². The van der Waals surface area contributed by atoms with Crippen LogP contribution in [0.5, 0.6) is 0 Å². The largest absolute Gasteiger partial charge is 0.370 e. The molecule has 2 nitrogen and oxygen atoms in total. The van der Waals surface area contributed by atoms with Crippen LogP contribution in [-0.4, -0.2) is 18.0 Å². The third kappa shape index (κ3) is 2.43. The maximum atomic E-state index is 8.88. The van der Waals surface area contributed by atoms with Crippen molar-refractivity contribution < 1.29 is 0 Å². The molecule has 0 spiro atoms. The van der Waals surface area contributed by atoms with Gasteiger partial charge in [0.2, 0.25) is 0 Å². The molecule has 0 saturated carbocycles. The third-order valence-electron chi connectivity index (χ3n) is 2.97. The molecule has 82 valence electrons. The van der Waals surface area contributed by atoms with Gasteiger partial charge in [-0.1, -0.05) is 30.3 Å². The quantitative estimate of drug-likeness (QED) is 0.704. The van der Waals surface area contributed by atoms with Gasteiger partial charge in [-0.2, -0.15) is 5.26 Å². The van der Waals surface area contributed by atoms with Gasteiger partial charge in [0, 0.05) is 19.2 Å². The van der Waals surface area contributed by atoms with Crippen LogP contribution in [0.25, 0.3) is 5.70 Å². The molecular weight excluding hydrogens is 196 g/mol. The molecule has 0 bridgehead atoms. The average molecular weight is 212 g/mol. The zero-order valence-corrected chi connectivity index (χ0v) is 9.39. The Hall–Kier alpha value is -1.75. The van der Waals surface area contributed by atoms with E-state index in [9.17, 15) is 0 Å². The highest BCUT2D eigenvalue weighted by atomic mass is 15.1. The van der Waals surface area contributed by atoms with E-state index in [2.05, 4.69) is 23.1 Å². The van der Waals surface area contributed by atoms with Crippen LogP contribution < -0.4 is 0 Å². The first kappa shape index (κ1) is 10.8. The molecular formula is C14H16N2. The van der Waals surface area contributed by atoms with E-state index < -0.39 is 0 Å². The van der Waals surface area contributed by atoms with Gasteiger partial charge < -0.3 is 4.90 Å². The fraction of sp³-hybridized carbons (Fsp3) is 0.357. The number of likely N-dealkylation sites (tertiary alicyclic amines) is 1. The molecule has 0 unspecified atom stereocenters. The molecule has 16 heavy (non-hydrogen) atoms. The summed E-state index contributed by atoms with van der Waals surface area (Å²) < 4.78 is 0. The zero-order valence-electron chi connectivity index (χ0n) is 9.39. The second kappa shape index (κ2) is 5.37. The summed E-state index contributed by atoms with van der Waals surface area (Å²) in [6.45, 7) is 2.14. The van der Waals surface area contributed by atoms with Gasteiger partial charge in [-0.25, -0.2) is 0 Å². The van der Waals surface area contributed by atoms with Crippen molar-refractivity contribution in [2.75, 3.05) is 13.1 Å². The molecule has 1 fully saturated rings. The molecule has 1 aromatic rings. The maximum Gasteiger partial charge on any atom is 0.0934 e. The number of allylic oxidation sites excluding steroid dienone is 1. The van der Waals surface area contributed by atoms with E-state index in [4.69, 9.17) is 5.26 Å². The van der Waals surface area contributed by atoms with Crippen LogP contribution in [-0.2, 0) is 0 Å². The van der Waals surface area contributed by atoms with Crippen LogP contribution in [0.1, 0.15) is 24.8 Å². The smallest absolute Gasteiger partial charge is 0.0934 e. The van der Waals surface area contributed by atoms with E-state index in [0.717, 1.165) is 24.4 Å². The topological polar surface area (TPSA) is 27.0 Å². The summed E-state index contributed by atoms with van der Waals surface area (Å²) in [5, 5.41) is 8.88. The van der Waals surface area contributed by atoms with Gasteiger partial charge >= 0.3 is 0 Å². The molecule has 1 saturated heterocycles. The van der Waals surface area contributed by atoms with Crippen molar-refractivity contribution in [2.24, 2.45) is 0 Å². The minimum atomic E-state index is 1.07. The number of benzene rings is 1. The Balaban J connectivity index is 2.24. The van der Waals surface area contributed by atoms with E-state index in [1.807, 2.05) is 18.2 Å². The predicted octanol–water partition coefficient (Wildman–Crippen LogP) is 3.04.